The zero-order valence-corrected chi connectivity index (χ0v) is 13.9. The molecule has 0 bridgehead atoms. The summed E-state index contributed by atoms with van der Waals surface area (Å²) in [4.78, 5) is 2.82. The standard InChI is InChI=1S/C18H34N2O/c1-2-17-7-4-3-5-11-20(17)14-18(10-6-12-21-15-18)13-19-16-8-9-16/h16-17,19H,2-15H2,1H3. The molecule has 2 aliphatic heterocycles. The van der Waals surface area contributed by atoms with E-state index in [2.05, 4.69) is 17.1 Å². The predicted octanol–water partition coefficient (Wildman–Crippen LogP) is 3.19. The molecule has 0 aromatic heterocycles. The number of likely N-dealkylation sites (tertiary alicyclic amines) is 1. The summed E-state index contributed by atoms with van der Waals surface area (Å²) < 4.78 is 5.91. The minimum atomic E-state index is 0.374. The van der Waals surface area contributed by atoms with Crippen molar-refractivity contribution in [2.45, 2.75) is 76.8 Å². The van der Waals surface area contributed by atoms with Crippen molar-refractivity contribution in [3.8, 4) is 0 Å². The zero-order valence-electron chi connectivity index (χ0n) is 13.9. The Hall–Kier alpha value is -0.120. The normalized spacial score (nSPS) is 35.6. The lowest BCUT2D eigenvalue weighted by Gasteiger charge is -2.43. The number of hydrogen-bond donors (Lipinski definition) is 1. The van der Waals surface area contributed by atoms with Gasteiger partial charge >= 0.3 is 0 Å². The molecule has 2 atom stereocenters. The molecular formula is C18H34N2O. The van der Waals surface area contributed by atoms with Crippen LogP contribution in [0.4, 0.5) is 0 Å². The van der Waals surface area contributed by atoms with E-state index in [1.54, 1.807) is 0 Å². The molecule has 3 aliphatic rings. The maximum atomic E-state index is 5.91. The van der Waals surface area contributed by atoms with E-state index in [-0.39, 0.29) is 0 Å². The third-order valence-electron chi connectivity index (χ3n) is 5.76. The molecule has 122 valence electrons. The van der Waals surface area contributed by atoms with Gasteiger partial charge in [0.1, 0.15) is 0 Å². The highest BCUT2D eigenvalue weighted by Gasteiger charge is 2.37. The van der Waals surface area contributed by atoms with Crippen molar-refractivity contribution in [2.24, 2.45) is 5.41 Å². The third-order valence-corrected chi connectivity index (χ3v) is 5.76. The van der Waals surface area contributed by atoms with Gasteiger partial charge in [-0.1, -0.05) is 19.8 Å². The lowest BCUT2D eigenvalue weighted by Crippen LogP contribution is -2.51. The summed E-state index contributed by atoms with van der Waals surface area (Å²) in [5, 5.41) is 3.80. The summed E-state index contributed by atoms with van der Waals surface area (Å²) in [5.74, 6) is 0. The van der Waals surface area contributed by atoms with Crippen molar-refractivity contribution in [3.05, 3.63) is 0 Å². The molecule has 0 amide bonds. The first-order valence-corrected chi connectivity index (χ1v) is 9.36. The molecule has 1 saturated carbocycles. The maximum absolute atomic E-state index is 5.91. The topological polar surface area (TPSA) is 24.5 Å². The molecule has 0 radical (unpaired) electrons. The SMILES string of the molecule is CCC1CCCCCN1CC1(CNC2CC2)CCCOC1. The molecule has 1 N–H and O–H groups in total. The first-order valence-electron chi connectivity index (χ1n) is 9.36. The average molecular weight is 294 g/mol. The summed E-state index contributed by atoms with van der Waals surface area (Å²) in [6.45, 7) is 8.05. The minimum Gasteiger partial charge on any atom is -0.381 e. The van der Waals surface area contributed by atoms with Gasteiger partial charge in [0.05, 0.1) is 6.61 Å². The molecule has 2 heterocycles. The summed E-state index contributed by atoms with van der Waals surface area (Å²) in [5.41, 5.74) is 0.374. The largest absolute Gasteiger partial charge is 0.381 e. The third kappa shape index (κ3) is 4.43. The molecule has 3 rings (SSSR count). The minimum absolute atomic E-state index is 0.374. The van der Waals surface area contributed by atoms with Crippen molar-refractivity contribution in [2.75, 3.05) is 32.8 Å². The van der Waals surface area contributed by atoms with Crippen molar-refractivity contribution in [3.63, 3.8) is 0 Å². The molecule has 21 heavy (non-hydrogen) atoms. The summed E-state index contributed by atoms with van der Waals surface area (Å²) in [6.07, 6.45) is 12.3. The highest BCUT2D eigenvalue weighted by Crippen LogP contribution is 2.33. The van der Waals surface area contributed by atoms with E-state index in [1.165, 1.54) is 77.4 Å². The van der Waals surface area contributed by atoms with Crippen LogP contribution in [0.25, 0.3) is 0 Å². The van der Waals surface area contributed by atoms with Crippen molar-refractivity contribution in [1.82, 2.24) is 10.2 Å². The van der Waals surface area contributed by atoms with Crippen LogP contribution < -0.4 is 5.32 Å². The Morgan fingerprint density at radius 3 is 2.76 bits per heavy atom. The van der Waals surface area contributed by atoms with Gasteiger partial charge in [0.25, 0.3) is 0 Å². The fourth-order valence-electron chi connectivity index (χ4n) is 4.22. The van der Waals surface area contributed by atoms with Gasteiger partial charge in [-0.25, -0.2) is 0 Å². The Balaban J connectivity index is 1.63. The predicted molar refractivity (Wildman–Crippen MR) is 87.6 cm³/mol. The molecule has 3 nitrogen and oxygen atoms in total. The van der Waals surface area contributed by atoms with Gasteiger partial charge in [-0.3, -0.25) is 4.90 Å². The van der Waals surface area contributed by atoms with E-state index in [0.717, 1.165) is 25.3 Å². The number of ether oxygens (including phenoxy) is 1. The lowest BCUT2D eigenvalue weighted by atomic mass is 9.81. The summed E-state index contributed by atoms with van der Waals surface area (Å²) in [6, 6.07) is 1.63. The van der Waals surface area contributed by atoms with Crippen molar-refractivity contribution >= 4 is 0 Å². The highest BCUT2D eigenvalue weighted by atomic mass is 16.5. The van der Waals surface area contributed by atoms with Crippen LogP contribution in [0.3, 0.4) is 0 Å². The molecule has 2 saturated heterocycles. The first-order chi connectivity index (χ1) is 10.3. The van der Waals surface area contributed by atoms with Crippen LogP contribution in [-0.4, -0.2) is 49.8 Å². The molecule has 3 heteroatoms. The van der Waals surface area contributed by atoms with Gasteiger partial charge in [0.15, 0.2) is 0 Å². The van der Waals surface area contributed by atoms with Gasteiger partial charge in [0, 0.05) is 37.2 Å². The second-order valence-corrected chi connectivity index (χ2v) is 7.69. The van der Waals surface area contributed by atoms with Crippen LogP contribution in [0.15, 0.2) is 0 Å². The van der Waals surface area contributed by atoms with Gasteiger partial charge in [0.2, 0.25) is 0 Å². The van der Waals surface area contributed by atoms with Crippen LogP contribution >= 0.6 is 0 Å². The molecule has 0 aromatic rings. The van der Waals surface area contributed by atoms with Crippen LogP contribution in [-0.2, 0) is 4.74 Å². The van der Waals surface area contributed by atoms with E-state index in [1.807, 2.05) is 0 Å². The van der Waals surface area contributed by atoms with E-state index in [0.29, 0.717) is 5.41 Å². The second-order valence-electron chi connectivity index (χ2n) is 7.69. The molecular weight excluding hydrogens is 260 g/mol. The van der Waals surface area contributed by atoms with Crippen molar-refractivity contribution in [1.29, 1.82) is 0 Å². The highest BCUT2D eigenvalue weighted by molar-refractivity contribution is 4.92. The number of rotatable bonds is 6. The monoisotopic (exact) mass is 294 g/mol. The summed E-state index contributed by atoms with van der Waals surface area (Å²) >= 11 is 0. The van der Waals surface area contributed by atoms with E-state index >= 15 is 0 Å². The van der Waals surface area contributed by atoms with Crippen LogP contribution in [0, 0.1) is 5.41 Å². The zero-order chi connectivity index (χ0) is 14.5. The fraction of sp³-hybridized carbons (Fsp3) is 1.00. The van der Waals surface area contributed by atoms with Gasteiger partial charge in [-0.15, -0.1) is 0 Å². The van der Waals surface area contributed by atoms with Gasteiger partial charge in [-0.2, -0.15) is 0 Å². The lowest BCUT2D eigenvalue weighted by molar-refractivity contribution is -0.0331. The summed E-state index contributed by atoms with van der Waals surface area (Å²) in [7, 11) is 0. The van der Waals surface area contributed by atoms with Crippen molar-refractivity contribution < 1.29 is 4.74 Å². The van der Waals surface area contributed by atoms with Gasteiger partial charge in [-0.05, 0) is 51.5 Å². The van der Waals surface area contributed by atoms with E-state index in [9.17, 15) is 0 Å². The molecule has 3 fully saturated rings. The smallest absolute Gasteiger partial charge is 0.0546 e. The molecule has 2 unspecified atom stereocenters. The van der Waals surface area contributed by atoms with Gasteiger partial charge < -0.3 is 10.1 Å². The number of nitrogens with one attached hydrogen (secondary N) is 1. The van der Waals surface area contributed by atoms with E-state index < -0.39 is 0 Å². The quantitative estimate of drug-likeness (QED) is 0.814. The van der Waals surface area contributed by atoms with Crippen LogP contribution in [0.5, 0.6) is 0 Å². The molecule has 1 aliphatic carbocycles. The Morgan fingerprint density at radius 2 is 2.05 bits per heavy atom. The first kappa shape index (κ1) is 15.8. The van der Waals surface area contributed by atoms with Crippen LogP contribution in [0.2, 0.25) is 0 Å². The maximum Gasteiger partial charge on any atom is 0.0546 e. The Kier molecular flexibility index (Phi) is 5.58. The Morgan fingerprint density at radius 1 is 1.14 bits per heavy atom. The number of nitrogens with zero attached hydrogens (tertiary/aromatic N) is 1. The fourth-order valence-corrected chi connectivity index (χ4v) is 4.22. The second kappa shape index (κ2) is 7.43. The Bertz CT molecular complexity index is 310. The van der Waals surface area contributed by atoms with Crippen LogP contribution in [0.1, 0.15) is 64.7 Å². The average Bonchev–Trinajstić information content (AvgIpc) is 3.34. The number of hydrogen-bond acceptors (Lipinski definition) is 3. The molecule has 0 spiro atoms. The Labute approximate surface area is 130 Å². The van der Waals surface area contributed by atoms with E-state index in [4.69, 9.17) is 4.74 Å². The molecule has 0 aromatic carbocycles.